The van der Waals surface area contributed by atoms with Crippen LogP contribution >= 0.6 is 0 Å². The number of methoxy groups -OCH3 is 1. The van der Waals surface area contributed by atoms with E-state index in [0.29, 0.717) is 5.56 Å². The van der Waals surface area contributed by atoms with Gasteiger partial charge in [0.15, 0.2) is 11.6 Å². The van der Waals surface area contributed by atoms with Crippen LogP contribution < -0.4 is 15.8 Å². The molecule has 0 aliphatic rings. The van der Waals surface area contributed by atoms with Crippen molar-refractivity contribution in [3.63, 3.8) is 0 Å². The number of primary amides is 1. The normalized spacial score (nSPS) is 9.62. The Kier molecular flexibility index (Phi) is 3.82. The average molecular weight is 226 g/mol. The fourth-order valence-electron chi connectivity index (χ4n) is 1.09. The van der Waals surface area contributed by atoms with Crippen LogP contribution in [0, 0.1) is 5.82 Å². The molecule has 0 unspecified atom stereocenters. The molecule has 0 aliphatic heterocycles. The zero-order chi connectivity index (χ0) is 12.1. The minimum Gasteiger partial charge on any atom is -0.494 e. The zero-order valence-electron chi connectivity index (χ0n) is 8.62. The lowest BCUT2D eigenvalue weighted by molar-refractivity contribution is -0.137. The van der Waals surface area contributed by atoms with E-state index in [2.05, 4.69) is 5.32 Å². The van der Waals surface area contributed by atoms with Crippen molar-refractivity contribution in [3.05, 3.63) is 29.6 Å². The molecule has 6 heteroatoms. The van der Waals surface area contributed by atoms with Gasteiger partial charge in [0.1, 0.15) is 0 Å². The Bertz CT molecular complexity index is 421. The van der Waals surface area contributed by atoms with E-state index in [1.807, 2.05) is 0 Å². The molecule has 3 N–H and O–H groups in total. The number of carbonyl (C=O) groups excluding carboxylic acids is 2. The van der Waals surface area contributed by atoms with Crippen molar-refractivity contribution in [3.8, 4) is 5.75 Å². The summed E-state index contributed by atoms with van der Waals surface area (Å²) in [4.78, 5) is 21.2. The molecule has 16 heavy (non-hydrogen) atoms. The molecule has 1 rings (SSSR count). The SMILES string of the molecule is COc1ccc(CNC(=O)C(N)=O)cc1F. The zero-order valence-corrected chi connectivity index (χ0v) is 8.62. The van der Waals surface area contributed by atoms with Gasteiger partial charge < -0.3 is 15.8 Å². The summed E-state index contributed by atoms with van der Waals surface area (Å²) < 4.78 is 17.9. The average Bonchev–Trinajstić information content (AvgIpc) is 2.25. The highest BCUT2D eigenvalue weighted by Crippen LogP contribution is 2.17. The Morgan fingerprint density at radius 1 is 1.50 bits per heavy atom. The van der Waals surface area contributed by atoms with Crippen LogP contribution in [0.4, 0.5) is 4.39 Å². The fourth-order valence-corrected chi connectivity index (χ4v) is 1.09. The maximum atomic E-state index is 13.2. The van der Waals surface area contributed by atoms with E-state index in [1.165, 1.54) is 19.2 Å². The first kappa shape index (κ1) is 12.0. The number of nitrogens with two attached hydrogens (primary N) is 1. The molecular formula is C10H11FN2O3. The van der Waals surface area contributed by atoms with Crippen molar-refractivity contribution in [1.82, 2.24) is 5.32 Å². The van der Waals surface area contributed by atoms with Crippen molar-refractivity contribution in [1.29, 1.82) is 0 Å². The first-order chi connectivity index (χ1) is 7.54. The Morgan fingerprint density at radius 3 is 2.69 bits per heavy atom. The highest BCUT2D eigenvalue weighted by atomic mass is 19.1. The molecule has 5 nitrogen and oxygen atoms in total. The van der Waals surface area contributed by atoms with Gasteiger partial charge in [-0.05, 0) is 17.7 Å². The number of rotatable bonds is 3. The van der Waals surface area contributed by atoms with Gasteiger partial charge in [0.25, 0.3) is 0 Å². The lowest BCUT2D eigenvalue weighted by Crippen LogP contribution is -2.35. The molecule has 0 saturated heterocycles. The molecule has 86 valence electrons. The summed E-state index contributed by atoms with van der Waals surface area (Å²) in [5, 5.41) is 2.24. The predicted octanol–water partition coefficient (Wildman–Crippen LogP) is -0.0642. The van der Waals surface area contributed by atoms with E-state index >= 15 is 0 Å². The largest absolute Gasteiger partial charge is 0.494 e. The molecule has 0 bridgehead atoms. The molecule has 0 aliphatic carbocycles. The molecule has 0 spiro atoms. The Morgan fingerprint density at radius 2 is 2.19 bits per heavy atom. The number of halogens is 1. The van der Waals surface area contributed by atoms with Gasteiger partial charge in [-0.1, -0.05) is 6.07 Å². The number of carbonyl (C=O) groups is 2. The summed E-state index contributed by atoms with van der Waals surface area (Å²) in [7, 11) is 1.35. The first-order valence-corrected chi connectivity index (χ1v) is 4.44. The van der Waals surface area contributed by atoms with Gasteiger partial charge in [0, 0.05) is 6.54 Å². The summed E-state index contributed by atoms with van der Waals surface area (Å²) >= 11 is 0. The second-order valence-corrected chi connectivity index (χ2v) is 3.02. The van der Waals surface area contributed by atoms with Crippen molar-refractivity contribution in [2.45, 2.75) is 6.54 Å². The van der Waals surface area contributed by atoms with Gasteiger partial charge >= 0.3 is 11.8 Å². The van der Waals surface area contributed by atoms with Gasteiger partial charge in [-0.15, -0.1) is 0 Å². The monoisotopic (exact) mass is 226 g/mol. The summed E-state index contributed by atoms with van der Waals surface area (Å²) in [6.45, 7) is 0.0304. The summed E-state index contributed by atoms with van der Waals surface area (Å²) in [6.07, 6.45) is 0. The van der Waals surface area contributed by atoms with E-state index in [-0.39, 0.29) is 12.3 Å². The molecule has 0 radical (unpaired) electrons. The maximum absolute atomic E-state index is 13.2. The lowest BCUT2D eigenvalue weighted by Gasteiger charge is -2.05. The van der Waals surface area contributed by atoms with E-state index in [4.69, 9.17) is 10.5 Å². The Balaban J connectivity index is 2.65. The third-order valence-corrected chi connectivity index (χ3v) is 1.89. The fraction of sp³-hybridized carbons (Fsp3) is 0.200. The maximum Gasteiger partial charge on any atom is 0.309 e. The third kappa shape index (κ3) is 2.94. The first-order valence-electron chi connectivity index (χ1n) is 4.44. The number of nitrogens with one attached hydrogen (secondary N) is 1. The number of amides is 2. The number of hydrogen-bond donors (Lipinski definition) is 2. The highest BCUT2D eigenvalue weighted by molar-refractivity contribution is 6.34. The number of ether oxygens (including phenoxy) is 1. The second kappa shape index (κ2) is 5.11. The molecule has 0 aromatic heterocycles. The van der Waals surface area contributed by atoms with Gasteiger partial charge in [-0.3, -0.25) is 9.59 Å². The summed E-state index contributed by atoms with van der Waals surface area (Å²) in [5.41, 5.74) is 5.24. The van der Waals surface area contributed by atoms with Gasteiger partial charge in [-0.2, -0.15) is 0 Å². The Hall–Kier alpha value is -2.11. The van der Waals surface area contributed by atoms with Gasteiger partial charge in [0.05, 0.1) is 7.11 Å². The Labute approximate surface area is 91.4 Å². The standard InChI is InChI=1S/C10H11FN2O3/c1-16-8-3-2-6(4-7(8)11)5-13-10(15)9(12)14/h2-4H,5H2,1H3,(H2,12,14)(H,13,15). The van der Waals surface area contributed by atoms with Crippen LogP contribution in [0.25, 0.3) is 0 Å². The lowest BCUT2D eigenvalue weighted by atomic mass is 10.2. The van der Waals surface area contributed by atoms with Crippen LogP contribution in [0.15, 0.2) is 18.2 Å². The van der Waals surface area contributed by atoms with Crippen LogP contribution in [-0.4, -0.2) is 18.9 Å². The van der Waals surface area contributed by atoms with Crippen LogP contribution in [0.3, 0.4) is 0 Å². The second-order valence-electron chi connectivity index (χ2n) is 3.02. The van der Waals surface area contributed by atoms with Crippen LogP contribution in [0.1, 0.15) is 5.56 Å². The number of hydrogen-bond acceptors (Lipinski definition) is 3. The van der Waals surface area contributed by atoms with E-state index in [0.717, 1.165) is 0 Å². The van der Waals surface area contributed by atoms with Gasteiger partial charge in [-0.25, -0.2) is 4.39 Å². The van der Waals surface area contributed by atoms with E-state index in [1.54, 1.807) is 6.07 Å². The molecule has 0 saturated carbocycles. The highest BCUT2D eigenvalue weighted by Gasteiger charge is 2.08. The van der Waals surface area contributed by atoms with E-state index in [9.17, 15) is 14.0 Å². The van der Waals surface area contributed by atoms with Crippen molar-refractivity contribution >= 4 is 11.8 Å². The summed E-state index contributed by atoms with van der Waals surface area (Å²) in [5.74, 6) is -2.40. The number of benzene rings is 1. The van der Waals surface area contributed by atoms with Gasteiger partial charge in [0.2, 0.25) is 0 Å². The summed E-state index contributed by atoms with van der Waals surface area (Å²) in [6, 6.07) is 4.21. The smallest absolute Gasteiger partial charge is 0.309 e. The molecule has 0 atom stereocenters. The quantitative estimate of drug-likeness (QED) is 0.708. The molecule has 1 aromatic carbocycles. The molecule has 2 amide bonds. The molecule has 0 fully saturated rings. The predicted molar refractivity (Wildman–Crippen MR) is 54.0 cm³/mol. The topological polar surface area (TPSA) is 81.4 Å². The van der Waals surface area contributed by atoms with Crippen molar-refractivity contribution in [2.24, 2.45) is 5.73 Å². The molecule has 0 heterocycles. The van der Waals surface area contributed by atoms with E-state index < -0.39 is 17.6 Å². The minimum atomic E-state index is -1.08. The van der Waals surface area contributed by atoms with Crippen molar-refractivity contribution < 1.29 is 18.7 Å². The van der Waals surface area contributed by atoms with Crippen LogP contribution in [0.5, 0.6) is 5.75 Å². The molecule has 1 aromatic rings. The van der Waals surface area contributed by atoms with Crippen LogP contribution in [-0.2, 0) is 16.1 Å². The molecular weight excluding hydrogens is 215 g/mol. The minimum absolute atomic E-state index is 0.0304. The third-order valence-electron chi connectivity index (χ3n) is 1.89. The van der Waals surface area contributed by atoms with Crippen LogP contribution in [0.2, 0.25) is 0 Å². The van der Waals surface area contributed by atoms with Crippen molar-refractivity contribution in [2.75, 3.05) is 7.11 Å².